The molecule has 1 unspecified atom stereocenters. The van der Waals surface area contributed by atoms with Crippen LogP contribution in [-0.4, -0.2) is 62.4 Å². The van der Waals surface area contributed by atoms with Crippen LogP contribution in [-0.2, 0) is 4.79 Å². The van der Waals surface area contributed by atoms with Crippen molar-refractivity contribution >= 4 is 5.91 Å². The molecule has 1 amide bonds. The van der Waals surface area contributed by atoms with Crippen molar-refractivity contribution in [2.24, 2.45) is 0 Å². The summed E-state index contributed by atoms with van der Waals surface area (Å²) >= 11 is 0. The lowest BCUT2D eigenvalue weighted by Gasteiger charge is -2.35. The van der Waals surface area contributed by atoms with E-state index in [1.54, 1.807) is 30.3 Å². The minimum Gasteiger partial charge on any atom is -0.484 e. The first-order valence-electron chi connectivity index (χ1n) is 7.43. The molecule has 2 rings (SSSR count). The Morgan fingerprint density at radius 1 is 1.26 bits per heavy atom. The maximum absolute atomic E-state index is 13.2. The molecule has 1 fully saturated rings. The number of piperazine rings is 1. The average molecular weight is 331 g/mol. The summed E-state index contributed by atoms with van der Waals surface area (Å²) in [4.78, 5) is 13.0. The fourth-order valence-corrected chi connectivity index (χ4v) is 2.37. The fourth-order valence-electron chi connectivity index (χ4n) is 2.37. The Morgan fingerprint density at radius 2 is 1.91 bits per heavy atom. The summed E-state index contributed by atoms with van der Waals surface area (Å²) in [6.45, 7) is 0.854. The summed E-state index contributed by atoms with van der Waals surface area (Å²) in [6, 6.07) is 6.97. The molecule has 1 aromatic carbocycles. The maximum atomic E-state index is 13.2. The van der Waals surface area contributed by atoms with E-state index in [4.69, 9.17) is 4.74 Å². The van der Waals surface area contributed by atoms with Gasteiger partial charge in [0, 0.05) is 32.7 Å². The van der Waals surface area contributed by atoms with E-state index < -0.39 is 24.7 Å². The van der Waals surface area contributed by atoms with Crippen molar-refractivity contribution in [1.29, 1.82) is 0 Å². The zero-order valence-corrected chi connectivity index (χ0v) is 12.6. The number of benzene rings is 1. The van der Waals surface area contributed by atoms with E-state index in [1.807, 2.05) is 0 Å². The molecule has 1 heterocycles. The van der Waals surface area contributed by atoms with E-state index >= 15 is 0 Å². The standard InChI is InChI=1S/C15H20F3N3O2/c16-15(17,18)13(21-8-6-19-7-9-21)10-20-14(22)11-23-12-4-2-1-3-5-12/h1-5,13,19H,6-11H2,(H,20,22). The number of hydrogen-bond donors (Lipinski definition) is 2. The van der Waals surface area contributed by atoms with Crippen LogP contribution in [0.5, 0.6) is 5.75 Å². The van der Waals surface area contributed by atoms with Crippen molar-refractivity contribution < 1.29 is 22.7 Å². The van der Waals surface area contributed by atoms with Crippen LogP contribution in [0, 0.1) is 0 Å². The number of ether oxygens (including phenoxy) is 1. The number of amides is 1. The molecule has 5 nitrogen and oxygen atoms in total. The Kier molecular flexibility index (Phi) is 6.23. The first-order valence-corrected chi connectivity index (χ1v) is 7.43. The minimum atomic E-state index is -4.38. The van der Waals surface area contributed by atoms with Crippen molar-refractivity contribution in [1.82, 2.24) is 15.5 Å². The fraction of sp³-hybridized carbons (Fsp3) is 0.533. The van der Waals surface area contributed by atoms with Crippen molar-refractivity contribution in [3.63, 3.8) is 0 Å². The minimum absolute atomic E-state index is 0.306. The van der Waals surface area contributed by atoms with Crippen LogP contribution in [0.1, 0.15) is 0 Å². The van der Waals surface area contributed by atoms with Crippen molar-refractivity contribution in [3.05, 3.63) is 30.3 Å². The largest absolute Gasteiger partial charge is 0.484 e. The lowest BCUT2D eigenvalue weighted by molar-refractivity contribution is -0.184. The van der Waals surface area contributed by atoms with Gasteiger partial charge < -0.3 is 15.4 Å². The predicted molar refractivity (Wildman–Crippen MR) is 79.2 cm³/mol. The molecule has 1 aliphatic rings. The second kappa shape index (κ2) is 8.16. The number of carbonyl (C=O) groups is 1. The second-order valence-corrected chi connectivity index (χ2v) is 5.25. The van der Waals surface area contributed by atoms with Crippen LogP contribution in [0.2, 0.25) is 0 Å². The molecule has 1 saturated heterocycles. The highest BCUT2D eigenvalue weighted by Gasteiger charge is 2.43. The molecule has 8 heteroatoms. The quantitative estimate of drug-likeness (QED) is 0.817. The summed E-state index contributed by atoms with van der Waals surface area (Å²) in [5.41, 5.74) is 0. The monoisotopic (exact) mass is 331 g/mol. The van der Waals surface area contributed by atoms with E-state index in [0.717, 1.165) is 0 Å². The number of nitrogens with zero attached hydrogens (tertiary/aromatic N) is 1. The number of rotatable bonds is 6. The summed E-state index contributed by atoms with van der Waals surface area (Å²) < 4.78 is 44.7. The van der Waals surface area contributed by atoms with E-state index in [2.05, 4.69) is 10.6 Å². The summed E-state index contributed by atoms with van der Waals surface area (Å²) in [5, 5.41) is 5.32. The highest BCUT2D eigenvalue weighted by molar-refractivity contribution is 5.77. The Morgan fingerprint density at radius 3 is 2.52 bits per heavy atom. The van der Waals surface area contributed by atoms with Crippen molar-refractivity contribution in [3.8, 4) is 5.75 Å². The molecule has 0 radical (unpaired) electrons. The molecule has 0 saturated carbocycles. The molecule has 1 atom stereocenters. The third kappa shape index (κ3) is 5.72. The van der Waals surface area contributed by atoms with Gasteiger partial charge in [-0.25, -0.2) is 0 Å². The van der Waals surface area contributed by atoms with Crippen LogP contribution in [0.25, 0.3) is 0 Å². The van der Waals surface area contributed by atoms with Gasteiger partial charge in [-0.2, -0.15) is 13.2 Å². The normalized spacial score (nSPS) is 17.5. The first-order chi connectivity index (χ1) is 11.0. The SMILES string of the molecule is O=C(COc1ccccc1)NCC(N1CCNCC1)C(F)(F)F. The van der Waals surface area contributed by atoms with Gasteiger partial charge in [-0.05, 0) is 12.1 Å². The van der Waals surface area contributed by atoms with Gasteiger partial charge in [0.05, 0.1) is 0 Å². The topological polar surface area (TPSA) is 53.6 Å². The van der Waals surface area contributed by atoms with Gasteiger partial charge in [-0.3, -0.25) is 9.69 Å². The maximum Gasteiger partial charge on any atom is 0.405 e. The van der Waals surface area contributed by atoms with Gasteiger partial charge >= 0.3 is 6.18 Å². The zero-order valence-electron chi connectivity index (χ0n) is 12.6. The lowest BCUT2D eigenvalue weighted by atomic mass is 10.2. The molecule has 0 bridgehead atoms. The van der Waals surface area contributed by atoms with Crippen molar-refractivity contribution in [2.45, 2.75) is 12.2 Å². The van der Waals surface area contributed by atoms with Crippen LogP contribution in [0.4, 0.5) is 13.2 Å². The molecular weight excluding hydrogens is 311 g/mol. The van der Waals surface area contributed by atoms with Gasteiger partial charge in [0.1, 0.15) is 11.8 Å². The Labute approximate surface area is 132 Å². The molecule has 0 aliphatic carbocycles. The van der Waals surface area contributed by atoms with Crippen molar-refractivity contribution in [2.75, 3.05) is 39.3 Å². The van der Waals surface area contributed by atoms with E-state index in [9.17, 15) is 18.0 Å². The number of nitrogens with one attached hydrogen (secondary N) is 2. The van der Waals surface area contributed by atoms with Crippen LogP contribution < -0.4 is 15.4 Å². The first kappa shape index (κ1) is 17.6. The van der Waals surface area contributed by atoms with E-state index in [0.29, 0.717) is 31.9 Å². The average Bonchev–Trinajstić information content (AvgIpc) is 2.54. The van der Waals surface area contributed by atoms with Gasteiger partial charge in [-0.15, -0.1) is 0 Å². The predicted octanol–water partition coefficient (Wildman–Crippen LogP) is 1.02. The molecule has 23 heavy (non-hydrogen) atoms. The van der Waals surface area contributed by atoms with Crippen LogP contribution in [0.15, 0.2) is 30.3 Å². The highest BCUT2D eigenvalue weighted by atomic mass is 19.4. The number of halogens is 3. The van der Waals surface area contributed by atoms with E-state index in [1.165, 1.54) is 4.90 Å². The molecule has 0 spiro atoms. The molecule has 1 aromatic rings. The highest BCUT2D eigenvalue weighted by Crippen LogP contribution is 2.24. The number of carbonyl (C=O) groups excluding carboxylic acids is 1. The van der Waals surface area contributed by atoms with Crippen LogP contribution in [0.3, 0.4) is 0 Å². The van der Waals surface area contributed by atoms with Gasteiger partial charge in [-0.1, -0.05) is 18.2 Å². The van der Waals surface area contributed by atoms with E-state index in [-0.39, 0.29) is 6.61 Å². The summed E-state index contributed by atoms with van der Waals surface area (Å²) in [6.07, 6.45) is -4.38. The molecule has 1 aliphatic heterocycles. The second-order valence-electron chi connectivity index (χ2n) is 5.25. The van der Waals surface area contributed by atoms with Gasteiger partial charge in [0.25, 0.3) is 5.91 Å². The Bertz CT molecular complexity index is 490. The third-order valence-corrected chi connectivity index (χ3v) is 3.58. The smallest absolute Gasteiger partial charge is 0.405 e. The lowest BCUT2D eigenvalue weighted by Crippen LogP contribution is -2.57. The zero-order chi connectivity index (χ0) is 16.7. The van der Waals surface area contributed by atoms with Gasteiger partial charge in [0.2, 0.25) is 0 Å². The molecule has 0 aromatic heterocycles. The number of para-hydroxylation sites is 1. The third-order valence-electron chi connectivity index (χ3n) is 3.58. The van der Waals surface area contributed by atoms with Crippen LogP contribution >= 0.6 is 0 Å². The Balaban J connectivity index is 1.81. The molecular formula is C15H20F3N3O2. The summed E-state index contributed by atoms with van der Waals surface area (Å²) in [7, 11) is 0. The molecule has 128 valence electrons. The summed E-state index contributed by atoms with van der Waals surface area (Å²) in [5.74, 6) is -0.0737. The number of alkyl halides is 3. The van der Waals surface area contributed by atoms with Gasteiger partial charge in [0.15, 0.2) is 6.61 Å². The number of hydrogen-bond acceptors (Lipinski definition) is 4. The Hall–Kier alpha value is -1.80. The molecule has 2 N–H and O–H groups in total.